The zero-order chi connectivity index (χ0) is 20.4. The van der Waals surface area contributed by atoms with Crippen LogP contribution in [0, 0.1) is 0 Å². The number of unbranched alkanes of at least 4 members (excludes halogenated alkanes) is 7. The van der Waals surface area contributed by atoms with E-state index in [9.17, 15) is 18.1 Å². The van der Waals surface area contributed by atoms with Crippen LogP contribution in [0.3, 0.4) is 0 Å². The van der Waals surface area contributed by atoms with E-state index in [0.717, 1.165) is 24.8 Å². The summed E-state index contributed by atoms with van der Waals surface area (Å²) < 4.78 is 37.9. The number of aryl methyl sites for hydroxylation is 1. The molecule has 1 N–H and O–H groups in total. The molecule has 29 heavy (non-hydrogen) atoms. The van der Waals surface area contributed by atoms with Crippen LogP contribution in [0.1, 0.15) is 63.9 Å². The fourth-order valence-electron chi connectivity index (χ4n) is 3.10. The van der Waals surface area contributed by atoms with Crippen LogP contribution in [0.2, 0.25) is 0 Å². The van der Waals surface area contributed by atoms with Gasteiger partial charge in [-0.3, -0.25) is 4.55 Å². The summed E-state index contributed by atoms with van der Waals surface area (Å²) in [5.41, 5.74) is 0.821. The maximum absolute atomic E-state index is 11.9. The van der Waals surface area contributed by atoms with Crippen LogP contribution >= 0.6 is 0 Å². The molecule has 0 fully saturated rings. The smallest absolute Gasteiger partial charge is 0.870 e. The Hall–Kier alpha value is -1.05. The molecule has 0 heterocycles. The molecule has 0 aromatic heterocycles. The van der Waals surface area contributed by atoms with E-state index in [1.54, 1.807) is 24.3 Å². The normalized spacial score (nSPS) is 11.1. The molecular weight excluding hydrogens is 399 g/mol. The molecule has 2 rings (SSSR count). The summed E-state index contributed by atoms with van der Waals surface area (Å²) in [5.74, 6) is 0.145. The average Bonchev–Trinajstić information content (AvgIpc) is 2.66. The zero-order valence-electron chi connectivity index (χ0n) is 17.4. The molecule has 154 valence electrons. The largest absolute Gasteiger partial charge is 1.00 e. The second kappa shape index (κ2) is 13.3. The minimum atomic E-state index is -4.34. The zero-order valence-corrected chi connectivity index (χ0v) is 20.2. The fourth-order valence-corrected chi connectivity index (χ4v) is 3.60. The minimum absolute atomic E-state index is 0. The van der Waals surface area contributed by atoms with Gasteiger partial charge in [-0.1, -0.05) is 81.9 Å². The molecule has 0 spiro atoms. The van der Waals surface area contributed by atoms with Crippen molar-refractivity contribution in [3.05, 3.63) is 48.0 Å². The SMILES string of the molecule is CCCCCCCCCCc1ccc(S(=O)(=O)O)cc1Oc1ccccc1[O-].[Na+]. The van der Waals surface area contributed by atoms with Crippen LogP contribution in [0.15, 0.2) is 47.4 Å². The summed E-state index contributed by atoms with van der Waals surface area (Å²) in [7, 11) is -4.34. The number of benzene rings is 2. The van der Waals surface area contributed by atoms with Gasteiger partial charge in [-0.2, -0.15) is 8.42 Å². The van der Waals surface area contributed by atoms with E-state index in [0.29, 0.717) is 5.75 Å². The van der Waals surface area contributed by atoms with Gasteiger partial charge in [0.25, 0.3) is 10.1 Å². The minimum Gasteiger partial charge on any atom is -0.870 e. The Morgan fingerprint density at radius 1 is 0.897 bits per heavy atom. The molecule has 0 aliphatic heterocycles. The molecule has 0 unspecified atom stereocenters. The third-order valence-corrected chi connectivity index (χ3v) is 5.55. The van der Waals surface area contributed by atoms with E-state index >= 15 is 0 Å². The molecule has 0 amide bonds. The first-order valence-corrected chi connectivity index (χ1v) is 11.4. The quantitative estimate of drug-likeness (QED) is 0.319. The van der Waals surface area contributed by atoms with Gasteiger partial charge >= 0.3 is 29.6 Å². The first-order chi connectivity index (χ1) is 13.4. The summed E-state index contributed by atoms with van der Waals surface area (Å²) in [5, 5.41) is 11.9. The Labute approximate surface area is 196 Å². The van der Waals surface area contributed by atoms with Gasteiger partial charge in [-0.05, 0) is 30.5 Å². The summed E-state index contributed by atoms with van der Waals surface area (Å²) in [4.78, 5) is -0.245. The van der Waals surface area contributed by atoms with Crippen molar-refractivity contribution in [3.8, 4) is 17.2 Å². The summed E-state index contributed by atoms with van der Waals surface area (Å²) in [6, 6.07) is 10.5. The summed E-state index contributed by atoms with van der Waals surface area (Å²) in [6.07, 6.45) is 10.3. The van der Waals surface area contributed by atoms with Gasteiger partial charge in [0.1, 0.15) is 11.5 Å². The molecular formula is C22H29NaO5S. The van der Waals surface area contributed by atoms with Crippen molar-refractivity contribution in [1.29, 1.82) is 0 Å². The van der Waals surface area contributed by atoms with Crippen molar-refractivity contribution in [1.82, 2.24) is 0 Å². The predicted molar refractivity (Wildman–Crippen MR) is 109 cm³/mol. The number of ether oxygens (including phenoxy) is 1. The predicted octanol–water partition coefficient (Wildman–Crippen LogP) is 2.49. The number of para-hydroxylation sites is 2. The third-order valence-electron chi connectivity index (χ3n) is 4.71. The Morgan fingerprint density at radius 3 is 2.14 bits per heavy atom. The van der Waals surface area contributed by atoms with E-state index in [2.05, 4.69) is 6.92 Å². The van der Waals surface area contributed by atoms with E-state index < -0.39 is 10.1 Å². The second-order valence-corrected chi connectivity index (χ2v) is 8.44. The molecule has 7 heteroatoms. The van der Waals surface area contributed by atoms with Gasteiger partial charge in [-0.25, -0.2) is 0 Å². The van der Waals surface area contributed by atoms with Crippen LogP contribution in [0.5, 0.6) is 17.2 Å². The topological polar surface area (TPSA) is 86.7 Å². The van der Waals surface area contributed by atoms with Crippen LogP contribution in [-0.4, -0.2) is 13.0 Å². The summed E-state index contributed by atoms with van der Waals surface area (Å²) in [6.45, 7) is 2.21. The molecule has 2 aromatic rings. The van der Waals surface area contributed by atoms with Crippen molar-refractivity contribution < 1.29 is 52.4 Å². The second-order valence-electron chi connectivity index (χ2n) is 7.02. The first-order valence-electron chi connectivity index (χ1n) is 9.96. The standard InChI is InChI=1S/C22H30O5S.Na/c1-2-3-4-5-6-7-8-9-12-18-15-16-19(28(24,25)26)17-22(18)27-21-14-11-10-13-20(21)23;/h10-11,13-17,23H,2-9,12H2,1H3,(H,24,25,26);/q;+1/p-1. The molecule has 5 nitrogen and oxygen atoms in total. The van der Waals surface area contributed by atoms with Crippen molar-refractivity contribution in [2.24, 2.45) is 0 Å². The average molecular weight is 429 g/mol. The van der Waals surface area contributed by atoms with Crippen molar-refractivity contribution >= 4 is 10.1 Å². The molecule has 0 atom stereocenters. The maximum Gasteiger partial charge on any atom is 1.00 e. The van der Waals surface area contributed by atoms with Gasteiger partial charge in [-0.15, -0.1) is 0 Å². The van der Waals surface area contributed by atoms with E-state index in [1.807, 2.05) is 0 Å². The summed E-state index contributed by atoms with van der Waals surface area (Å²) >= 11 is 0. The van der Waals surface area contributed by atoms with Crippen LogP contribution in [-0.2, 0) is 16.5 Å². The molecule has 0 saturated heterocycles. The number of hydrogen-bond donors (Lipinski definition) is 1. The van der Waals surface area contributed by atoms with Crippen molar-refractivity contribution in [2.75, 3.05) is 0 Å². The fraction of sp³-hybridized carbons (Fsp3) is 0.455. The van der Waals surface area contributed by atoms with Crippen LogP contribution < -0.4 is 39.4 Å². The molecule has 0 aliphatic carbocycles. The molecule has 0 radical (unpaired) electrons. The van der Waals surface area contributed by atoms with Gasteiger partial charge in [0.2, 0.25) is 0 Å². The van der Waals surface area contributed by atoms with Gasteiger partial charge < -0.3 is 9.84 Å². The monoisotopic (exact) mass is 428 g/mol. The van der Waals surface area contributed by atoms with Gasteiger partial charge in [0.15, 0.2) is 0 Å². The van der Waals surface area contributed by atoms with Gasteiger partial charge in [0, 0.05) is 6.07 Å². The Balaban J connectivity index is 0.00000420. The molecule has 0 bridgehead atoms. The van der Waals surface area contributed by atoms with Crippen molar-refractivity contribution in [2.45, 2.75) is 69.6 Å². The first kappa shape index (κ1) is 26.0. The maximum atomic E-state index is 11.9. The Kier molecular flexibility index (Phi) is 11.9. The Morgan fingerprint density at radius 2 is 1.52 bits per heavy atom. The third kappa shape index (κ3) is 9.09. The van der Waals surface area contributed by atoms with Gasteiger partial charge in [0.05, 0.1) is 4.90 Å². The van der Waals surface area contributed by atoms with E-state index in [4.69, 9.17) is 4.74 Å². The van der Waals surface area contributed by atoms with E-state index in [1.165, 1.54) is 56.7 Å². The molecule has 2 aromatic carbocycles. The van der Waals surface area contributed by atoms with E-state index in [-0.39, 0.29) is 46.0 Å². The Bertz CT molecular complexity index is 852. The molecule has 0 saturated carbocycles. The van der Waals surface area contributed by atoms with Crippen LogP contribution in [0.4, 0.5) is 0 Å². The van der Waals surface area contributed by atoms with Crippen molar-refractivity contribution in [3.63, 3.8) is 0 Å². The number of hydrogen-bond acceptors (Lipinski definition) is 4. The van der Waals surface area contributed by atoms with Crippen LogP contribution in [0.25, 0.3) is 0 Å². The number of rotatable bonds is 12. The molecule has 0 aliphatic rings.